The van der Waals surface area contributed by atoms with Gasteiger partial charge in [-0.05, 0) is 44.0 Å². The maximum Gasteiger partial charge on any atom is 0.439 e. The number of nitrogens with zero attached hydrogens (tertiary/aromatic N) is 3. The molecule has 0 amide bonds. The van der Waals surface area contributed by atoms with Gasteiger partial charge in [0.25, 0.3) is 0 Å². The molecule has 0 bridgehead atoms. The van der Waals surface area contributed by atoms with E-state index in [0.29, 0.717) is 22.9 Å². The fourth-order valence-electron chi connectivity index (χ4n) is 2.92. The molecule has 136 valence electrons. The Hall–Kier alpha value is -3.61. The topological polar surface area (TPSA) is 85.0 Å². The van der Waals surface area contributed by atoms with Crippen LogP contribution >= 0.6 is 0 Å². The van der Waals surface area contributed by atoms with Gasteiger partial charge >= 0.3 is 5.76 Å². The van der Waals surface area contributed by atoms with Gasteiger partial charge in [-0.2, -0.15) is 9.66 Å². The molecule has 0 unspecified atom stereocenters. The molecular weight excluding hydrogens is 342 g/mol. The Morgan fingerprint density at radius 3 is 2.48 bits per heavy atom. The van der Waals surface area contributed by atoms with Gasteiger partial charge in [0.15, 0.2) is 11.4 Å². The lowest BCUT2D eigenvalue weighted by molar-refractivity contribution is 0.532. The number of fused-ring (bicyclic) bond motifs is 1. The molecule has 0 radical (unpaired) electrons. The van der Waals surface area contributed by atoms with Crippen molar-refractivity contribution < 1.29 is 4.42 Å². The predicted molar refractivity (Wildman–Crippen MR) is 105 cm³/mol. The van der Waals surface area contributed by atoms with Gasteiger partial charge in [-0.15, -0.1) is 0 Å². The number of oxazole rings is 1. The standard InChI is InChI=1S/C20H19N5O2/c1-12-7-6-8-13(2)17(12)22-19-21-11-14(3)18(23-19)24-25-15-9-4-5-10-16(15)27-20(25)26/h4-11H,1-3H3,(H2,21,22,23,24). The van der Waals surface area contributed by atoms with Crippen molar-refractivity contribution >= 4 is 28.6 Å². The first-order chi connectivity index (χ1) is 13.0. The van der Waals surface area contributed by atoms with Crippen LogP contribution in [-0.2, 0) is 0 Å². The second-order valence-corrected chi connectivity index (χ2v) is 6.40. The number of aromatic nitrogens is 3. The van der Waals surface area contributed by atoms with Gasteiger partial charge in [0.05, 0.1) is 0 Å². The van der Waals surface area contributed by atoms with Crippen molar-refractivity contribution in [3.05, 3.63) is 75.9 Å². The van der Waals surface area contributed by atoms with Crippen molar-refractivity contribution in [2.75, 3.05) is 10.7 Å². The summed E-state index contributed by atoms with van der Waals surface area (Å²) in [6.45, 7) is 5.93. The zero-order valence-electron chi connectivity index (χ0n) is 15.3. The van der Waals surface area contributed by atoms with E-state index in [1.165, 1.54) is 4.68 Å². The summed E-state index contributed by atoms with van der Waals surface area (Å²) in [6.07, 6.45) is 1.71. The molecule has 2 aromatic carbocycles. The molecule has 4 rings (SSSR count). The largest absolute Gasteiger partial charge is 0.439 e. The van der Waals surface area contributed by atoms with Crippen LogP contribution in [0.25, 0.3) is 11.1 Å². The Balaban J connectivity index is 1.71. The minimum absolute atomic E-state index is 0.446. The second-order valence-electron chi connectivity index (χ2n) is 6.40. The van der Waals surface area contributed by atoms with Crippen molar-refractivity contribution in [2.24, 2.45) is 0 Å². The molecule has 2 heterocycles. The quantitative estimate of drug-likeness (QED) is 0.573. The Kier molecular flexibility index (Phi) is 4.12. The summed E-state index contributed by atoms with van der Waals surface area (Å²) in [5.74, 6) is 0.465. The number of nitrogens with one attached hydrogen (secondary N) is 2. The lowest BCUT2D eigenvalue weighted by Gasteiger charge is -2.13. The van der Waals surface area contributed by atoms with Crippen LogP contribution in [0.5, 0.6) is 0 Å². The summed E-state index contributed by atoms with van der Waals surface area (Å²) >= 11 is 0. The number of rotatable bonds is 4. The minimum Gasteiger partial charge on any atom is -0.406 e. The molecule has 0 spiro atoms. The number of para-hydroxylation sites is 3. The van der Waals surface area contributed by atoms with Gasteiger partial charge in [0.1, 0.15) is 5.52 Å². The van der Waals surface area contributed by atoms with Gasteiger partial charge in [-0.1, -0.05) is 30.3 Å². The van der Waals surface area contributed by atoms with Gasteiger partial charge in [0, 0.05) is 17.4 Å². The first kappa shape index (κ1) is 16.8. The van der Waals surface area contributed by atoms with Crippen LogP contribution in [-0.4, -0.2) is 14.6 Å². The Morgan fingerprint density at radius 1 is 0.963 bits per heavy atom. The van der Waals surface area contributed by atoms with E-state index in [0.717, 1.165) is 22.4 Å². The average molecular weight is 361 g/mol. The van der Waals surface area contributed by atoms with Crippen LogP contribution in [0.2, 0.25) is 0 Å². The van der Waals surface area contributed by atoms with Gasteiger partial charge in [-0.3, -0.25) is 5.43 Å². The van der Waals surface area contributed by atoms with Gasteiger partial charge in [0.2, 0.25) is 5.95 Å². The molecule has 4 aromatic rings. The third-order valence-electron chi connectivity index (χ3n) is 4.39. The predicted octanol–water partition coefficient (Wildman–Crippen LogP) is 3.93. The molecule has 0 saturated heterocycles. The zero-order valence-corrected chi connectivity index (χ0v) is 15.3. The minimum atomic E-state index is -0.501. The molecule has 2 N–H and O–H groups in total. The number of hydrogen-bond acceptors (Lipinski definition) is 6. The summed E-state index contributed by atoms with van der Waals surface area (Å²) in [4.78, 5) is 21.1. The van der Waals surface area contributed by atoms with Crippen LogP contribution in [0, 0.1) is 20.8 Å². The number of hydrogen-bond donors (Lipinski definition) is 2. The highest BCUT2D eigenvalue weighted by Crippen LogP contribution is 2.24. The lowest BCUT2D eigenvalue weighted by Crippen LogP contribution is -2.23. The van der Waals surface area contributed by atoms with Crippen molar-refractivity contribution in [3.63, 3.8) is 0 Å². The summed E-state index contributed by atoms with van der Waals surface area (Å²) in [5.41, 5.74) is 8.17. The molecule has 0 aliphatic heterocycles. The lowest BCUT2D eigenvalue weighted by atomic mass is 10.1. The molecule has 7 nitrogen and oxygen atoms in total. The van der Waals surface area contributed by atoms with Crippen molar-refractivity contribution in [2.45, 2.75) is 20.8 Å². The Morgan fingerprint density at radius 2 is 1.70 bits per heavy atom. The van der Waals surface area contributed by atoms with Gasteiger partial charge < -0.3 is 9.73 Å². The maximum atomic E-state index is 12.2. The van der Waals surface area contributed by atoms with Gasteiger partial charge in [-0.25, -0.2) is 9.78 Å². The van der Waals surface area contributed by atoms with Crippen molar-refractivity contribution in [1.29, 1.82) is 0 Å². The SMILES string of the molecule is Cc1cnc(Nc2c(C)cccc2C)nc1Nn1c(=O)oc2ccccc21. The first-order valence-electron chi connectivity index (χ1n) is 8.57. The highest BCUT2D eigenvalue weighted by molar-refractivity contribution is 5.73. The Labute approximate surface area is 155 Å². The molecule has 7 heteroatoms. The number of benzene rings is 2. The molecular formula is C20H19N5O2. The monoisotopic (exact) mass is 361 g/mol. The van der Waals surface area contributed by atoms with E-state index in [9.17, 15) is 4.79 Å². The van der Waals surface area contributed by atoms with Crippen LogP contribution in [0.4, 0.5) is 17.5 Å². The van der Waals surface area contributed by atoms with E-state index in [-0.39, 0.29) is 0 Å². The second kappa shape index (κ2) is 6.60. The van der Waals surface area contributed by atoms with E-state index in [1.54, 1.807) is 18.3 Å². The smallest absolute Gasteiger partial charge is 0.406 e. The highest BCUT2D eigenvalue weighted by atomic mass is 16.4. The zero-order chi connectivity index (χ0) is 19.0. The molecule has 27 heavy (non-hydrogen) atoms. The molecule has 0 atom stereocenters. The van der Waals surface area contributed by atoms with E-state index >= 15 is 0 Å². The number of anilines is 3. The summed E-state index contributed by atoms with van der Waals surface area (Å²) in [7, 11) is 0. The first-order valence-corrected chi connectivity index (χ1v) is 8.57. The third kappa shape index (κ3) is 3.15. The van der Waals surface area contributed by atoms with Crippen LogP contribution in [0.15, 0.2) is 57.9 Å². The van der Waals surface area contributed by atoms with E-state index in [2.05, 4.69) is 20.7 Å². The van der Waals surface area contributed by atoms with E-state index in [4.69, 9.17) is 4.42 Å². The molecule has 0 aliphatic carbocycles. The molecule has 0 aliphatic rings. The normalized spacial score (nSPS) is 10.9. The van der Waals surface area contributed by atoms with E-state index in [1.807, 2.05) is 51.1 Å². The van der Waals surface area contributed by atoms with Crippen molar-refractivity contribution in [3.8, 4) is 0 Å². The fourth-order valence-corrected chi connectivity index (χ4v) is 2.92. The van der Waals surface area contributed by atoms with Crippen LogP contribution in [0.1, 0.15) is 16.7 Å². The van der Waals surface area contributed by atoms with E-state index < -0.39 is 5.76 Å². The highest BCUT2D eigenvalue weighted by Gasteiger charge is 2.12. The summed E-state index contributed by atoms with van der Waals surface area (Å²) in [5, 5.41) is 3.27. The molecule has 2 aromatic heterocycles. The van der Waals surface area contributed by atoms with Crippen LogP contribution < -0.4 is 16.5 Å². The summed E-state index contributed by atoms with van der Waals surface area (Å²) in [6, 6.07) is 13.3. The third-order valence-corrected chi connectivity index (χ3v) is 4.39. The maximum absolute atomic E-state index is 12.2. The molecule has 0 fully saturated rings. The Bertz CT molecular complexity index is 1170. The fraction of sp³-hybridized carbons (Fsp3) is 0.150. The average Bonchev–Trinajstić information content (AvgIpc) is 2.96. The van der Waals surface area contributed by atoms with Crippen molar-refractivity contribution in [1.82, 2.24) is 14.6 Å². The summed E-state index contributed by atoms with van der Waals surface area (Å²) < 4.78 is 6.60. The molecule has 0 saturated carbocycles. The number of aryl methyl sites for hydroxylation is 3. The van der Waals surface area contributed by atoms with Crippen LogP contribution in [0.3, 0.4) is 0 Å².